The molecule has 11 heteroatoms. The Morgan fingerprint density at radius 1 is 1.19 bits per heavy atom. The minimum Gasteiger partial charge on any atom is -0.398 e. The Kier molecular flexibility index (Phi) is 6.64. The number of nitrogens with zero attached hydrogens (tertiary/aromatic N) is 3. The largest absolute Gasteiger partial charge is 0.455 e. The number of anilines is 2. The van der Waals surface area contributed by atoms with Gasteiger partial charge in [-0.25, -0.2) is 9.98 Å². The first kappa shape index (κ1) is 23.7. The average Bonchev–Trinajstić information content (AvgIpc) is 2.70. The van der Waals surface area contributed by atoms with Crippen LogP contribution in [0.5, 0.6) is 0 Å². The summed E-state index contributed by atoms with van der Waals surface area (Å²) in [6.45, 7) is 1.79. The van der Waals surface area contributed by atoms with Gasteiger partial charge in [-0.05, 0) is 37.6 Å². The average molecular weight is 438 g/mol. The van der Waals surface area contributed by atoms with Gasteiger partial charge in [-0.1, -0.05) is 6.07 Å². The van der Waals surface area contributed by atoms with Crippen LogP contribution in [0.15, 0.2) is 35.5 Å². The van der Waals surface area contributed by atoms with E-state index in [0.29, 0.717) is 16.8 Å². The van der Waals surface area contributed by atoms with Gasteiger partial charge in [-0.15, -0.1) is 0 Å². The number of nitrogen functional groups attached to an aromatic ring is 1. The Morgan fingerprint density at radius 2 is 1.87 bits per heavy atom. The first-order chi connectivity index (χ1) is 14.3. The first-order valence-electron chi connectivity index (χ1n) is 8.85. The molecule has 6 nitrogen and oxygen atoms in total. The zero-order chi connectivity index (χ0) is 23.4. The van der Waals surface area contributed by atoms with Gasteiger partial charge < -0.3 is 16.5 Å². The van der Waals surface area contributed by atoms with E-state index < -0.39 is 24.1 Å². The molecule has 0 saturated carbocycles. The summed E-state index contributed by atoms with van der Waals surface area (Å²) in [6.07, 6.45) is -2.53. The summed E-state index contributed by atoms with van der Waals surface area (Å²) in [6, 6.07) is 8.46. The number of aromatic nitrogens is 1. The molecular weight excluding hydrogens is 419 g/mol. The minimum atomic E-state index is -5.70. The molecule has 0 spiro atoms. The van der Waals surface area contributed by atoms with Crippen molar-refractivity contribution >= 4 is 29.6 Å². The van der Waals surface area contributed by atoms with Crippen molar-refractivity contribution in [2.45, 2.75) is 31.4 Å². The Labute approximate surface area is 175 Å². The van der Waals surface area contributed by atoms with Crippen molar-refractivity contribution in [1.29, 1.82) is 10.7 Å². The highest BCUT2D eigenvalue weighted by Crippen LogP contribution is 2.35. The molecule has 0 amide bonds. The van der Waals surface area contributed by atoms with Gasteiger partial charge in [0.15, 0.2) is 5.82 Å². The molecule has 0 aliphatic carbocycles. The SMILES string of the molecule is CC(C)(C#N)c1ccc(N)c(C=Nc2cc(C=N)c(NCC(F)(F)C(F)(F)F)cn2)c1. The molecule has 4 N–H and O–H groups in total. The van der Waals surface area contributed by atoms with E-state index in [9.17, 15) is 27.2 Å². The minimum absolute atomic E-state index is 0.0208. The fraction of sp³-hybridized carbons (Fsp3) is 0.300. The van der Waals surface area contributed by atoms with Gasteiger partial charge in [0.25, 0.3) is 0 Å². The molecule has 2 aromatic rings. The lowest BCUT2D eigenvalue weighted by Gasteiger charge is -2.20. The summed E-state index contributed by atoms with van der Waals surface area (Å²) >= 11 is 0. The van der Waals surface area contributed by atoms with E-state index in [2.05, 4.69) is 16.0 Å². The quantitative estimate of drug-likeness (QED) is 0.327. The normalized spacial score (nSPS) is 12.6. The van der Waals surface area contributed by atoms with E-state index in [4.69, 9.17) is 11.1 Å². The molecule has 164 valence electrons. The Hall–Kier alpha value is -3.55. The van der Waals surface area contributed by atoms with E-state index in [1.807, 2.05) is 5.32 Å². The van der Waals surface area contributed by atoms with Gasteiger partial charge in [0, 0.05) is 29.2 Å². The Bertz CT molecular complexity index is 1040. The van der Waals surface area contributed by atoms with E-state index >= 15 is 0 Å². The van der Waals surface area contributed by atoms with Crippen LogP contribution >= 0.6 is 0 Å². The van der Waals surface area contributed by atoms with Crippen molar-refractivity contribution in [2.24, 2.45) is 4.99 Å². The van der Waals surface area contributed by atoms with Crippen molar-refractivity contribution in [1.82, 2.24) is 4.98 Å². The van der Waals surface area contributed by atoms with Crippen LogP contribution in [0.25, 0.3) is 0 Å². The molecule has 0 fully saturated rings. The summed E-state index contributed by atoms with van der Waals surface area (Å²) in [5, 5.41) is 18.6. The predicted molar refractivity (Wildman–Crippen MR) is 108 cm³/mol. The number of hydrogen-bond donors (Lipinski definition) is 3. The standard InChI is InChI=1S/C20H19F5N6/c1-18(2,10-27)14-3-4-15(28)13(5-14)8-29-17-6-12(7-26)16(9-30-17)31-11-19(21,22)20(23,24)25/h3-9,26,31H,11,28H2,1-2H3. The van der Waals surface area contributed by atoms with Crippen LogP contribution in [0, 0.1) is 16.7 Å². The highest BCUT2D eigenvalue weighted by Gasteiger charge is 2.57. The molecular formula is C20H19F5N6. The third-order valence-electron chi connectivity index (χ3n) is 4.42. The zero-order valence-corrected chi connectivity index (χ0v) is 16.6. The van der Waals surface area contributed by atoms with Gasteiger partial charge in [-0.3, -0.25) is 0 Å². The summed E-state index contributed by atoms with van der Waals surface area (Å²) in [7, 11) is 0. The van der Waals surface area contributed by atoms with Gasteiger partial charge in [0.1, 0.15) is 0 Å². The molecule has 0 atom stereocenters. The highest BCUT2D eigenvalue weighted by atomic mass is 19.4. The smallest absolute Gasteiger partial charge is 0.398 e. The van der Waals surface area contributed by atoms with E-state index in [1.54, 1.807) is 32.0 Å². The van der Waals surface area contributed by atoms with E-state index in [1.165, 1.54) is 12.3 Å². The second kappa shape index (κ2) is 8.67. The van der Waals surface area contributed by atoms with Crippen LogP contribution in [0.1, 0.15) is 30.5 Å². The fourth-order valence-electron chi connectivity index (χ4n) is 2.38. The number of alkyl halides is 5. The number of nitriles is 1. The number of aliphatic imine (C=N–C) groups is 1. The number of benzene rings is 1. The van der Waals surface area contributed by atoms with Gasteiger partial charge in [0.05, 0.1) is 29.9 Å². The van der Waals surface area contributed by atoms with Crippen LogP contribution in [0.4, 0.5) is 39.1 Å². The molecule has 0 bridgehead atoms. The predicted octanol–water partition coefficient (Wildman–Crippen LogP) is 4.82. The number of nitrogens with one attached hydrogen (secondary N) is 2. The molecule has 0 unspecified atom stereocenters. The van der Waals surface area contributed by atoms with Gasteiger partial charge in [-0.2, -0.15) is 27.2 Å². The van der Waals surface area contributed by atoms with Crippen molar-refractivity contribution in [3.8, 4) is 6.07 Å². The molecule has 2 rings (SSSR count). The first-order valence-corrected chi connectivity index (χ1v) is 8.85. The van der Waals surface area contributed by atoms with Crippen LogP contribution < -0.4 is 11.1 Å². The lowest BCUT2D eigenvalue weighted by Crippen LogP contribution is -2.42. The molecule has 1 aromatic heterocycles. The van der Waals surface area contributed by atoms with Crippen molar-refractivity contribution in [2.75, 3.05) is 17.6 Å². The summed E-state index contributed by atoms with van der Waals surface area (Å²) in [5.74, 6) is -4.86. The fourth-order valence-corrected chi connectivity index (χ4v) is 2.38. The van der Waals surface area contributed by atoms with E-state index in [-0.39, 0.29) is 17.1 Å². The molecule has 1 heterocycles. The summed E-state index contributed by atoms with van der Waals surface area (Å²) < 4.78 is 63.1. The topological polar surface area (TPSA) is 111 Å². The Morgan fingerprint density at radius 3 is 2.45 bits per heavy atom. The third kappa shape index (κ3) is 5.53. The van der Waals surface area contributed by atoms with Crippen molar-refractivity contribution < 1.29 is 22.0 Å². The van der Waals surface area contributed by atoms with E-state index in [0.717, 1.165) is 12.4 Å². The second-order valence-electron chi connectivity index (χ2n) is 7.17. The monoisotopic (exact) mass is 438 g/mol. The number of nitrogens with two attached hydrogens (primary N) is 1. The maximum Gasteiger partial charge on any atom is 0.455 e. The second-order valence-corrected chi connectivity index (χ2v) is 7.17. The highest BCUT2D eigenvalue weighted by molar-refractivity contribution is 5.90. The molecule has 31 heavy (non-hydrogen) atoms. The van der Waals surface area contributed by atoms with Crippen LogP contribution in [0.2, 0.25) is 0 Å². The lowest BCUT2D eigenvalue weighted by atomic mass is 9.85. The van der Waals surface area contributed by atoms with Crippen molar-refractivity contribution in [3.05, 3.63) is 47.2 Å². The lowest BCUT2D eigenvalue weighted by molar-refractivity contribution is -0.275. The van der Waals surface area contributed by atoms with Crippen LogP contribution in [-0.2, 0) is 5.41 Å². The molecule has 1 aromatic carbocycles. The third-order valence-corrected chi connectivity index (χ3v) is 4.42. The summed E-state index contributed by atoms with van der Waals surface area (Å²) in [4.78, 5) is 8.03. The number of rotatable bonds is 7. The number of pyridine rings is 1. The van der Waals surface area contributed by atoms with Crippen molar-refractivity contribution in [3.63, 3.8) is 0 Å². The molecule has 0 aliphatic heterocycles. The number of hydrogen-bond acceptors (Lipinski definition) is 6. The van der Waals surface area contributed by atoms with Crippen LogP contribution in [-0.4, -0.2) is 36.1 Å². The van der Waals surface area contributed by atoms with Crippen LogP contribution in [0.3, 0.4) is 0 Å². The van der Waals surface area contributed by atoms with Gasteiger partial charge >= 0.3 is 12.1 Å². The maximum atomic E-state index is 13.1. The molecule has 0 aliphatic rings. The number of halogens is 5. The molecule has 0 radical (unpaired) electrons. The Balaban J connectivity index is 2.26. The summed E-state index contributed by atoms with van der Waals surface area (Å²) in [5.41, 5.74) is 6.63. The maximum absolute atomic E-state index is 13.1. The zero-order valence-electron chi connectivity index (χ0n) is 16.6. The van der Waals surface area contributed by atoms with Gasteiger partial charge in [0.2, 0.25) is 0 Å². The molecule has 0 saturated heterocycles.